The van der Waals surface area contributed by atoms with Crippen molar-refractivity contribution in [2.24, 2.45) is 0 Å². The number of hydrogen-bond acceptors (Lipinski definition) is 8. The summed E-state index contributed by atoms with van der Waals surface area (Å²) in [4.78, 5) is 19.9. The first-order valence-electron chi connectivity index (χ1n) is 11.7. The maximum atomic E-state index is 13.2. The zero-order valence-electron chi connectivity index (χ0n) is 19.5. The third-order valence-corrected chi connectivity index (χ3v) is 6.18. The maximum absolute atomic E-state index is 13.2. The first-order chi connectivity index (χ1) is 17.2. The summed E-state index contributed by atoms with van der Waals surface area (Å²) < 4.78 is 17.6. The van der Waals surface area contributed by atoms with Crippen molar-refractivity contribution in [3.05, 3.63) is 70.0 Å². The van der Waals surface area contributed by atoms with Crippen molar-refractivity contribution in [3.63, 3.8) is 0 Å². The van der Waals surface area contributed by atoms with Crippen LogP contribution in [0.1, 0.15) is 17.7 Å². The van der Waals surface area contributed by atoms with E-state index in [4.69, 9.17) is 13.6 Å². The number of rotatable bonds is 7. The van der Waals surface area contributed by atoms with Crippen molar-refractivity contribution >= 4 is 16.9 Å². The SMILES string of the molecule is Cc1c(-c2ccccc2)oc2c(-c3nc(C#N)c(NCCCN4CCOCC4)o3)cccc2c1=O. The Kier molecular flexibility index (Phi) is 6.62. The quantitative estimate of drug-likeness (QED) is 0.396. The van der Waals surface area contributed by atoms with E-state index >= 15 is 0 Å². The summed E-state index contributed by atoms with van der Waals surface area (Å²) in [5, 5.41) is 13.3. The Morgan fingerprint density at radius 2 is 1.89 bits per heavy atom. The second-order valence-corrected chi connectivity index (χ2v) is 8.48. The van der Waals surface area contributed by atoms with E-state index in [1.54, 1.807) is 25.1 Å². The molecule has 178 valence electrons. The number of para-hydroxylation sites is 1. The molecular weight excluding hydrogens is 444 g/mol. The van der Waals surface area contributed by atoms with E-state index in [1.807, 2.05) is 30.3 Å². The molecule has 5 rings (SSSR count). The second-order valence-electron chi connectivity index (χ2n) is 8.48. The minimum Gasteiger partial charge on any atom is -0.455 e. The van der Waals surface area contributed by atoms with E-state index in [-0.39, 0.29) is 17.0 Å². The van der Waals surface area contributed by atoms with Crippen molar-refractivity contribution in [2.45, 2.75) is 13.3 Å². The van der Waals surface area contributed by atoms with Crippen LogP contribution in [0.2, 0.25) is 0 Å². The average molecular weight is 471 g/mol. The lowest BCUT2D eigenvalue weighted by Gasteiger charge is -2.26. The molecule has 0 spiro atoms. The van der Waals surface area contributed by atoms with Crippen LogP contribution in [-0.4, -0.2) is 49.3 Å². The predicted octanol–water partition coefficient (Wildman–Crippen LogP) is 4.43. The van der Waals surface area contributed by atoms with Gasteiger partial charge < -0.3 is 18.9 Å². The average Bonchev–Trinajstić information content (AvgIpc) is 3.32. The Balaban J connectivity index is 1.45. The van der Waals surface area contributed by atoms with Gasteiger partial charge in [0.1, 0.15) is 11.8 Å². The number of anilines is 1. The van der Waals surface area contributed by atoms with Gasteiger partial charge in [-0.2, -0.15) is 10.2 Å². The van der Waals surface area contributed by atoms with Crippen LogP contribution in [0.5, 0.6) is 0 Å². The molecule has 1 aliphatic heterocycles. The van der Waals surface area contributed by atoms with Crippen molar-refractivity contribution in [2.75, 3.05) is 44.7 Å². The summed E-state index contributed by atoms with van der Waals surface area (Å²) in [7, 11) is 0. The number of nitriles is 1. The number of nitrogens with zero attached hydrogens (tertiary/aromatic N) is 3. The molecule has 0 bridgehead atoms. The first-order valence-corrected chi connectivity index (χ1v) is 11.7. The lowest BCUT2D eigenvalue weighted by atomic mass is 10.0. The third-order valence-electron chi connectivity index (χ3n) is 6.18. The molecule has 35 heavy (non-hydrogen) atoms. The topological polar surface area (TPSA) is 105 Å². The Hall–Kier alpha value is -3.93. The largest absolute Gasteiger partial charge is 0.455 e. The molecule has 0 amide bonds. The Morgan fingerprint density at radius 3 is 2.66 bits per heavy atom. The molecule has 0 atom stereocenters. The molecule has 2 aromatic heterocycles. The van der Waals surface area contributed by atoms with Gasteiger partial charge in [-0.15, -0.1) is 0 Å². The highest BCUT2D eigenvalue weighted by atomic mass is 16.5. The van der Waals surface area contributed by atoms with E-state index in [0.717, 1.165) is 44.8 Å². The molecule has 0 aliphatic carbocycles. The molecule has 0 radical (unpaired) electrons. The summed E-state index contributed by atoms with van der Waals surface area (Å²) in [5.41, 5.74) is 2.31. The van der Waals surface area contributed by atoms with E-state index in [9.17, 15) is 10.1 Å². The van der Waals surface area contributed by atoms with Crippen LogP contribution < -0.4 is 10.7 Å². The predicted molar refractivity (Wildman–Crippen MR) is 133 cm³/mol. The zero-order chi connectivity index (χ0) is 24.2. The molecule has 2 aromatic carbocycles. The van der Waals surface area contributed by atoms with E-state index in [2.05, 4.69) is 21.3 Å². The van der Waals surface area contributed by atoms with Gasteiger partial charge in [0.15, 0.2) is 11.0 Å². The highest BCUT2D eigenvalue weighted by molar-refractivity contribution is 5.91. The highest BCUT2D eigenvalue weighted by Crippen LogP contribution is 2.33. The molecule has 0 unspecified atom stereocenters. The van der Waals surface area contributed by atoms with E-state index in [1.165, 1.54) is 0 Å². The van der Waals surface area contributed by atoms with Crippen LogP contribution in [-0.2, 0) is 4.74 Å². The molecule has 1 saturated heterocycles. The second kappa shape index (κ2) is 10.1. The van der Waals surface area contributed by atoms with Crippen LogP contribution in [0.15, 0.2) is 62.2 Å². The summed E-state index contributed by atoms with van der Waals surface area (Å²) in [6.45, 7) is 6.75. The van der Waals surface area contributed by atoms with Gasteiger partial charge in [-0.1, -0.05) is 36.4 Å². The van der Waals surface area contributed by atoms with Crippen LogP contribution in [0, 0.1) is 18.3 Å². The third kappa shape index (κ3) is 4.69. The minimum atomic E-state index is -0.111. The summed E-state index contributed by atoms with van der Waals surface area (Å²) in [5.74, 6) is 1.05. The normalized spacial score (nSPS) is 14.2. The van der Waals surface area contributed by atoms with Crippen molar-refractivity contribution in [1.29, 1.82) is 5.26 Å². The number of ether oxygens (including phenoxy) is 1. The number of aromatic nitrogens is 1. The molecule has 1 aliphatic rings. The van der Waals surface area contributed by atoms with Crippen LogP contribution in [0.4, 0.5) is 5.88 Å². The first kappa shape index (κ1) is 22.8. The van der Waals surface area contributed by atoms with Gasteiger partial charge in [-0.3, -0.25) is 9.69 Å². The van der Waals surface area contributed by atoms with Crippen molar-refractivity contribution in [1.82, 2.24) is 9.88 Å². The van der Waals surface area contributed by atoms with Crippen LogP contribution in [0.3, 0.4) is 0 Å². The number of nitrogens with one attached hydrogen (secondary N) is 1. The fraction of sp³-hybridized carbons (Fsp3) is 0.296. The zero-order valence-corrected chi connectivity index (χ0v) is 19.5. The number of oxazole rings is 1. The fourth-order valence-corrected chi connectivity index (χ4v) is 4.30. The van der Waals surface area contributed by atoms with Crippen LogP contribution in [0.25, 0.3) is 33.7 Å². The maximum Gasteiger partial charge on any atom is 0.233 e. The molecule has 1 N–H and O–H groups in total. The molecule has 1 fully saturated rings. The summed E-state index contributed by atoms with van der Waals surface area (Å²) in [6.07, 6.45) is 0.893. The summed E-state index contributed by atoms with van der Waals surface area (Å²) in [6, 6.07) is 16.9. The molecule has 8 heteroatoms. The smallest absolute Gasteiger partial charge is 0.233 e. The Bertz CT molecular complexity index is 1430. The number of benzene rings is 2. The van der Waals surface area contributed by atoms with Crippen LogP contribution >= 0.6 is 0 Å². The molecule has 8 nitrogen and oxygen atoms in total. The van der Waals surface area contributed by atoms with Gasteiger partial charge in [-0.25, -0.2) is 0 Å². The van der Waals surface area contributed by atoms with Gasteiger partial charge in [-0.05, 0) is 32.0 Å². The number of fused-ring (bicyclic) bond motifs is 1. The fourth-order valence-electron chi connectivity index (χ4n) is 4.30. The summed E-state index contributed by atoms with van der Waals surface area (Å²) >= 11 is 0. The lowest BCUT2D eigenvalue weighted by molar-refractivity contribution is 0.0378. The Morgan fingerprint density at radius 1 is 1.09 bits per heavy atom. The van der Waals surface area contributed by atoms with Gasteiger partial charge in [0, 0.05) is 30.8 Å². The van der Waals surface area contributed by atoms with Crippen molar-refractivity contribution < 1.29 is 13.6 Å². The van der Waals surface area contributed by atoms with Gasteiger partial charge in [0.2, 0.25) is 17.5 Å². The van der Waals surface area contributed by atoms with E-state index in [0.29, 0.717) is 40.3 Å². The number of morpholine rings is 1. The molecule has 0 saturated carbocycles. The van der Waals surface area contributed by atoms with Gasteiger partial charge in [0.05, 0.1) is 24.2 Å². The van der Waals surface area contributed by atoms with E-state index < -0.39 is 0 Å². The van der Waals surface area contributed by atoms with Gasteiger partial charge >= 0.3 is 0 Å². The molecule has 3 heterocycles. The Labute approximate surface area is 202 Å². The monoisotopic (exact) mass is 470 g/mol. The lowest BCUT2D eigenvalue weighted by Crippen LogP contribution is -2.37. The number of hydrogen-bond donors (Lipinski definition) is 1. The standard InChI is InChI=1S/C27H26N4O4/c1-18-23(32)20-9-5-10-21(25(20)34-24(18)19-7-3-2-4-8-19)26-30-22(17-28)27(35-26)29-11-6-12-31-13-15-33-16-14-31/h2-5,7-10,29H,6,11-16H2,1H3. The highest BCUT2D eigenvalue weighted by Gasteiger charge is 2.21. The van der Waals surface area contributed by atoms with Gasteiger partial charge in [0.25, 0.3) is 0 Å². The minimum absolute atomic E-state index is 0.111. The molecular formula is C27H26N4O4. The van der Waals surface area contributed by atoms with Crippen molar-refractivity contribution in [3.8, 4) is 28.8 Å². The molecule has 4 aromatic rings.